The Labute approximate surface area is 139 Å². The van der Waals surface area contributed by atoms with Gasteiger partial charge in [0.2, 0.25) is 0 Å². The normalized spacial score (nSPS) is 26.0. The van der Waals surface area contributed by atoms with Gasteiger partial charge in [-0.1, -0.05) is 34.6 Å². The van der Waals surface area contributed by atoms with Crippen LogP contribution in [0.15, 0.2) is 0 Å². The monoisotopic (exact) mass is 312 g/mol. The smallest absolute Gasteiger partial charge is 0.0246 e. The van der Waals surface area contributed by atoms with Crippen molar-refractivity contribution in [2.45, 2.75) is 40.7 Å². The quantitative estimate of drug-likeness (QED) is 0.786. The first-order valence-electron chi connectivity index (χ1n) is 9.39. The first kappa shape index (κ1) is 19.9. The van der Waals surface area contributed by atoms with Gasteiger partial charge in [-0.05, 0) is 32.6 Å². The summed E-state index contributed by atoms with van der Waals surface area (Å²) in [6, 6.07) is 0.674. The van der Waals surface area contributed by atoms with E-state index in [-0.39, 0.29) is 0 Å². The summed E-state index contributed by atoms with van der Waals surface area (Å²) in [4.78, 5) is 10.5. The van der Waals surface area contributed by atoms with Gasteiger partial charge in [-0.15, -0.1) is 0 Å². The van der Waals surface area contributed by atoms with Crippen LogP contribution in [0.4, 0.5) is 0 Å². The molecule has 0 radical (unpaired) electrons. The molecule has 0 bridgehead atoms. The van der Waals surface area contributed by atoms with E-state index >= 15 is 0 Å². The van der Waals surface area contributed by atoms with E-state index in [0.29, 0.717) is 12.0 Å². The third kappa shape index (κ3) is 6.53. The third-order valence-corrected chi connectivity index (χ3v) is 5.28. The summed E-state index contributed by atoms with van der Waals surface area (Å²) in [7, 11) is 2.27. The number of hydrogen-bond donors (Lipinski definition) is 0. The molecule has 0 spiro atoms. The predicted molar refractivity (Wildman–Crippen MR) is 97.6 cm³/mol. The highest BCUT2D eigenvalue weighted by molar-refractivity contribution is 4.80. The second-order valence-corrected chi connectivity index (χ2v) is 7.07. The van der Waals surface area contributed by atoms with Gasteiger partial charge in [0.1, 0.15) is 0 Å². The first-order chi connectivity index (χ1) is 10.5. The molecule has 4 nitrogen and oxygen atoms in total. The van der Waals surface area contributed by atoms with Crippen molar-refractivity contribution >= 4 is 0 Å². The summed E-state index contributed by atoms with van der Waals surface area (Å²) >= 11 is 0. The van der Waals surface area contributed by atoms with Crippen LogP contribution in [-0.4, -0.2) is 98.1 Å². The van der Waals surface area contributed by atoms with Crippen molar-refractivity contribution < 1.29 is 0 Å². The molecule has 1 atom stereocenters. The molecular formula is C18H40N4. The van der Waals surface area contributed by atoms with Crippen LogP contribution < -0.4 is 0 Å². The second kappa shape index (κ2) is 10.6. The van der Waals surface area contributed by atoms with Crippen LogP contribution >= 0.6 is 0 Å². The molecule has 1 rings (SSSR count). The lowest BCUT2D eigenvalue weighted by Crippen LogP contribution is -2.51. The van der Waals surface area contributed by atoms with Crippen LogP contribution in [0.25, 0.3) is 0 Å². The van der Waals surface area contributed by atoms with Crippen molar-refractivity contribution in [3.8, 4) is 0 Å². The Hall–Kier alpha value is -0.160. The van der Waals surface area contributed by atoms with Gasteiger partial charge in [0.05, 0.1) is 0 Å². The fourth-order valence-corrected chi connectivity index (χ4v) is 3.38. The molecule has 1 aliphatic heterocycles. The standard InChI is InChI=1S/C18H40N4/c1-7-20-12-10-19(6)11-15-22(9-3)18(17(4)5)16-21(8-2)14-13-20/h17-18H,7-16H2,1-6H3. The highest BCUT2D eigenvalue weighted by Gasteiger charge is 2.24. The van der Waals surface area contributed by atoms with Crippen molar-refractivity contribution in [3.05, 3.63) is 0 Å². The van der Waals surface area contributed by atoms with Crippen LogP contribution in [0.1, 0.15) is 34.6 Å². The number of hydrogen-bond acceptors (Lipinski definition) is 4. The second-order valence-electron chi connectivity index (χ2n) is 7.07. The molecule has 1 heterocycles. The molecule has 0 N–H and O–H groups in total. The maximum absolute atomic E-state index is 2.70. The molecule has 0 aromatic heterocycles. The van der Waals surface area contributed by atoms with Crippen LogP contribution in [0, 0.1) is 5.92 Å². The molecule has 1 saturated heterocycles. The maximum atomic E-state index is 2.70. The van der Waals surface area contributed by atoms with E-state index < -0.39 is 0 Å². The highest BCUT2D eigenvalue weighted by Crippen LogP contribution is 2.13. The van der Waals surface area contributed by atoms with Gasteiger partial charge in [0, 0.05) is 51.9 Å². The molecule has 0 amide bonds. The minimum absolute atomic E-state index is 0.674. The Bertz CT molecular complexity index is 282. The minimum atomic E-state index is 0.674. The number of nitrogens with zero attached hydrogens (tertiary/aromatic N) is 4. The minimum Gasteiger partial charge on any atom is -0.304 e. The molecule has 4 heteroatoms. The van der Waals surface area contributed by atoms with E-state index in [1.54, 1.807) is 0 Å². The Kier molecular flexibility index (Phi) is 9.57. The molecule has 22 heavy (non-hydrogen) atoms. The lowest BCUT2D eigenvalue weighted by Gasteiger charge is -2.39. The van der Waals surface area contributed by atoms with Gasteiger partial charge in [0.15, 0.2) is 0 Å². The van der Waals surface area contributed by atoms with Crippen LogP contribution in [0.5, 0.6) is 0 Å². The van der Waals surface area contributed by atoms with Gasteiger partial charge < -0.3 is 14.7 Å². The molecule has 1 fully saturated rings. The number of likely N-dealkylation sites (N-methyl/N-ethyl adjacent to an activating group) is 4. The average molecular weight is 313 g/mol. The summed E-state index contributed by atoms with van der Waals surface area (Å²) < 4.78 is 0. The van der Waals surface area contributed by atoms with Gasteiger partial charge in [-0.25, -0.2) is 0 Å². The van der Waals surface area contributed by atoms with E-state index in [0.717, 1.165) is 13.1 Å². The van der Waals surface area contributed by atoms with Crippen molar-refractivity contribution in [1.82, 2.24) is 19.6 Å². The van der Waals surface area contributed by atoms with Crippen molar-refractivity contribution in [2.75, 3.05) is 72.5 Å². The summed E-state index contributed by atoms with van der Waals surface area (Å²) in [6.45, 7) is 23.6. The molecule has 0 aromatic carbocycles. The lowest BCUT2D eigenvalue weighted by molar-refractivity contribution is 0.0875. The molecule has 0 saturated carbocycles. The SMILES string of the molecule is CCN1CCN(C)CCN(CC)C(C(C)C)CN(CC)CC1. The zero-order valence-corrected chi connectivity index (χ0v) is 16.0. The summed E-state index contributed by atoms with van der Waals surface area (Å²) in [5.74, 6) is 0.713. The largest absolute Gasteiger partial charge is 0.304 e. The van der Waals surface area contributed by atoms with E-state index in [9.17, 15) is 0 Å². The topological polar surface area (TPSA) is 13.0 Å². The Morgan fingerprint density at radius 2 is 1.32 bits per heavy atom. The molecule has 132 valence electrons. The Morgan fingerprint density at radius 1 is 0.773 bits per heavy atom. The highest BCUT2D eigenvalue weighted by atomic mass is 15.3. The van der Waals surface area contributed by atoms with Gasteiger partial charge in [-0.2, -0.15) is 0 Å². The van der Waals surface area contributed by atoms with Gasteiger partial charge in [0.25, 0.3) is 0 Å². The molecule has 1 aliphatic rings. The molecule has 1 unspecified atom stereocenters. The zero-order valence-electron chi connectivity index (χ0n) is 16.0. The van der Waals surface area contributed by atoms with Crippen LogP contribution in [0.2, 0.25) is 0 Å². The fourth-order valence-electron chi connectivity index (χ4n) is 3.38. The molecular weight excluding hydrogens is 272 g/mol. The maximum Gasteiger partial charge on any atom is 0.0246 e. The summed E-state index contributed by atoms with van der Waals surface area (Å²) in [5, 5.41) is 0. The lowest BCUT2D eigenvalue weighted by atomic mass is 10.0. The van der Waals surface area contributed by atoms with E-state index in [4.69, 9.17) is 0 Å². The Morgan fingerprint density at radius 3 is 1.86 bits per heavy atom. The molecule has 0 aliphatic carbocycles. The average Bonchev–Trinajstić information content (AvgIpc) is 2.50. The van der Waals surface area contributed by atoms with Crippen LogP contribution in [0.3, 0.4) is 0 Å². The fraction of sp³-hybridized carbons (Fsp3) is 1.00. The predicted octanol–water partition coefficient (Wildman–Crippen LogP) is 1.92. The van der Waals surface area contributed by atoms with E-state index in [1.165, 1.54) is 52.4 Å². The van der Waals surface area contributed by atoms with Crippen molar-refractivity contribution in [3.63, 3.8) is 0 Å². The van der Waals surface area contributed by atoms with Crippen molar-refractivity contribution in [1.29, 1.82) is 0 Å². The zero-order chi connectivity index (χ0) is 16.5. The van der Waals surface area contributed by atoms with Crippen molar-refractivity contribution in [2.24, 2.45) is 5.92 Å². The number of rotatable bonds is 4. The van der Waals surface area contributed by atoms with Crippen LogP contribution in [-0.2, 0) is 0 Å². The van der Waals surface area contributed by atoms with Gasteiger partial charge in [-0.3, -0.25) is 4.90 Å². The van der Waals surface area contributed by atoms with Gasteiger partial charge >= 0.3 is 0 Å². The molecule has 0 aromatic rings. The van der Waals surface area contributed by atoms with E-state index in [1.807, 2.05) is 0 Å². The third-order valence-electron chi connectivity index (χ3n) is 5.28. The first-order valence-corrected chi connectivity index (χ1v) is 9.39. The summed E-state index contributed by atoms with van der Waals surface area (Å²) in [6.07, 6.45) is 0. The Balaban J connectivity index is 2.81. The van der Waals surface area contributed by atoms with E-state index in [2.05, 4.69) is 61.3 Å². The summed E-state index contributed by atoms with van der Waals surface area (Å²) in [5.41, 5.74) is 0.